The fourth-order valence-electron chi connectivity index (χ4n) is 2.39. The molecule has 1 saturated heterocycles. The number of hydrogen-bond acceptors (Lipinski definition) is 3. The van der Waals surface area contributed by atoms with Gasteiger partial charge in [-0.15, -0.1) is 0 Å². The minimum Gasteiger partial charge on any atom is -0.366 e. The van der Waals surface area contributed by atoms with Gasteiger partial charge in [-0.2, -0.15) is 5.26 Å². The first-order valence-corrected chi connectivity index (χ1v) is 6.73. The molecule has 0 spiro atoms. The summed E-state index contributed by atoms with van der Waals surface area (Å²) in [6.07, 6.45) is 1.14. The van der Waals surface area contributed by atoms with Crippen LogP contribution in [0.2, 0.25) is 0 Å². The van der Waals surface area contributed by atoms with E-state index in [4.69, 9.17) is 0 Å². The van der Waals surface area contributed by atoms with E-state index in [1.807, 2.05) is 18.2 Å². The molecule has 1 atom stereocenters. The highest BCUT2D eigenvalue weighted by atomic mass is 79.9. The molecule has 0 saturated carbocycles. The molecule has 4 heteroatoms. The minimum absolute atomic E-state index is 0.501. The highest BCUT2D eigenvalue weighted by Gasteiger charge is 2.23. The van der Waals surface area contributed by atoms with Crippen molar-refractivity contribution in [3.63, 3.8) is 0 Å². The summed E-state index contributed by atoms with van der Waals surface area (Å²) in [6.45, 7) is 5.14. The van der Waals surface area contributed by atoms with Crippen LogP contribution >= 0.6 is 15.9 Å². The molecule has 1 heterocycles. The quantitative estimate of drug-likeness (QED) is 0.931. The van der Waals surface area contributed by atoms with Crippen LogP contribution in [-0.2, 0) is 0 Å². The summed E-state index contributed by atoms with van der Waals surface area (Å²) < 4.78 is 0.877. The van der Waals surface area contributed by atoms with Crippen LogP contribution in [-0.4, -0.2) is 25.7 Å². The molecule has 1 unspecified atom stereocenters. The van der Waals surface area contributed by atoms with Crippen molar-refractivity contribution in [3.05, 3.63) is 28.2 Å². The van der Waals surface area contributed by atoms with Gasteiger partial charge in [0, 0.05) is 23.6 Å². The molecule has 1 aliphatic rings. The van der Waals surface area contributed by atoms with Gasteiger partial charge in [0.05, 0.1) is 11.3 Å². The summed E-state index contributed by atoms with van der Waals surface area (Å²) in [4.78, 5) is 2.32. The summed E-state index contributed by atoms with van der Waals surface area (Å²) in [5, 5.41) is 12.6. The molecule has 1 fully saturated rings. The van der Waals surface area contributed by atoms with Crippen molar-refractivity contribution < 1.29 is 0 Å². The Morgan fingerprint density at radius 2 is 2.41 bits per heavy atom. The fourth-order valence-corrected chi connectivity index (χ4v) is 2.84. The Morgan fingerprint density at radius 1 is 1.59 bits per heavy atom. The molecule has 3 nitrogen and oxygen atoms in total. The van der Waals surface area contributed by atoms with Crippen LogP contribution in [0, 0.1) is 11.3 Å². The Bertz CT molecular complexity index is 433. The molecule has 1 aromatic rings. The van der Waals surface area contributed by atoms with Gasteiger partial charge in [-0.1, -0.05) is 6.07 Å². The van der Waals surface area contributed by atoms with E-state index in [1.165, 1.54) is 0 Å². The first-order valence-electron chi connectivity index (χ1n) is 5.94. The molecule has 0 bridgehead atoms. The van der Waals surface area contributed by atoms with Crippen molar-refractivity contribution in [3.8, 4) is 6.07 Å². The number of hydrogen-bond donors (Lipinski definition) is 1. The van der Waals surface area contributed by atoms with Crippen molar-refractivity contribution in [1.82, 2.24) is 5.32 Å². The van der Waals surface area contributed by atoms with Gasteiger partial charge in [0.15, 0.2) is 0 Å². The van der Waals surface area contributed by atoms with Crippen molar-refractivity contribution in [2.24, 2.45) is 0 Å². The summed E-state index contributed by atoms with van der Waals surface area (Å²) in [5.41, 5.74) is 1.78. The molecule has 0 amide bonds. The standard InChI is InChI=1S/C13H16BrN3/c1-2-17(10-6-7-16-9-10)13-5-3-4-12(14)11(13)8-15/h3-5,10,16H,2,6-7,9H2,1H3. The highest BCUT2D eigenvalue weighted by Crippen LogP contribution is 2.29. The summed E-state index contributed by atoms with van der Waals surface area (Å²) in [5.74, 6) is 0. The lowest BCUT2D eigenvalue weighted by atomic mass is 10.1. The normalized spacial score (nSPS) is 19.0. The number of rotatable bonds is 3. The maximum atomic E-state index is 9.26. The number of benzene rings is 1. The van der Waals surface area contributed by atoms with Crippen molar-refractivity contribution >= 4 is 21.6 Å². The Labute approximate surface area is 111 Å². The largest absolute Gasteiger partial charge is 0.366 e. The van der Waals surface area contributed by atoms with Crippen LogP contribution in [0.4, 0.5) is 5.69 Å². The van der Waals surface area contributed by atoms with E-state index in [-0.39, 0.29) is 0 Å². The molecule has 1 aromatic carbocycles. The number of nitrogens with zero attached hydrogens (tertiary/aromatic N) is 2. The maximum Gasteiger partial charge on any atom is 0.103 e. The third-order valence-corrected chi connectivity index (χ3v) is 3.89. The van der Waals surface area contributed by atoms with Gasteiger partial charge in [0.2, 0.25) is 0 Å². The van der Waals surface area contributed by atoms with Crippen LogP contribution in [0.15, 0.2) is 22.7 Å². The van der Waals surface area contributed by atoms with Crippen LogP contribution in [0.5, 0.6) is 0 Å². The van der Waals surface area contributed by atoms with E-state index in [9.17, 15) is 5.26 Å². The molecule has 1 aliphatic heterocycles. The second-order valence-electron chi connectivity index (χ2n) is 4.18. The van der Waals surface area contributed by atoms with Gasteiger partial charge >= 0.3 is 0 Å². The average Bonchev–Trinajstić information content (AvgIpc) is 2.84. The number of halogens is 1. The molecular formula is C13H16BrN3. The van der Waals surface area contributed by atoms with Crippen LogP contribution in [0.3, 0.4) is 0 Å². The van der Waals surface area contributed by atoms with Gasteiger partial charge in [0.1, 0.15) is 6.07 Å². The lowest BCUT2D eigenvalue weighted by molar-refractivity contribution is 0.647. The first-order chi connectivity index (χ1) is 8.27. The predicted octanol–water partition coefficient (Wildman–Crippen LogP) is 2.51. The predicted molar refractivity (Wildman–Crippen MR) is 73.2 cm³/mol. The summed E-state index contributed by atoms with van der Waals surface area (Å²) >= 11 is 3.45. The molecule has 2 rings (SSSR count). The molecule has 0 aromatic heterocycles. The Morgan fingerprint density at radius 3 is 3.00 bits per heavy atom. The van der Waals surface area contributed by atoms with Crippen molar-refractivity contribution in [1.29, 1.82) is 5.26 Å². The third-order valence-electron chi connectivity index (χ3n) is 3.23. The second kappa shape index (κ2) is 5.52. The van der Waals surface area contributed by atoms with E-state index in [1.54, 1.807) is 0 Å². The highest BCUT2D eigenvalue weighted by molar-refractivity contribution is 9.10. The third kappa shape index (κ3) is 2.46. The lowest BCUT2D eigenvalue weighted by Crippen LogP contribution is -2.37. The van der Waals surface area contributed by atoms with Gasteiger partial charge in [-0.3, -0.25) is 0 Å². The van der Waals surface area contributed by atoms with Crippen LogP contribution in [0.25, 0.3) is 0 Å². The van der Waals surface area contributed by atoms with Crippen LogP contribution in [0.1, 0.15) is 18.9 Å². The Hall–Kier alpha value is -1.05. The summed E-state index contributed by atoms with van der Waals surface area (Å²) in [6, 6.07) is 8.74. The SMILES string of the molecule is CCN(c1cccc(Br)c1C#N)C1CCNC1. The smallest absolute Gasteiger partial charge is 0.103 e. The topological polar surface area (TPSA) is 39.1 Å². The fraction of sp³-hybridized carbons (Fsp3) is 0.462. The number of likely N-dealkylation sites (N-methyl/N-ethyl adjacent to an activating group) is 1. The van der Waals surface area contributed by atoms with Gasteiger partial charge in [-0.05, 0) is 48.0 Å². The van der Waals surface area contributed by atoms with E-state index < -0.39 is 0 Å². The van der Waals surface area contributed by atoms with Crippen molar-refractivity contribution in [2.45, 2.75) is 19.4 Å². The zero-order chi connectivity index (χ0) is 12.3. The number of nitriles is 1. The number of anilines is 1. The Balaban J connectivity index is 2.37. The zero-order valence-electron chi connectivity index (χ0n) is 9.91. The van der Waals surface area contributed by atoms with Gasteiger partial charge < -0.3 is 10.2 Å². The molecular weight excluding hydrogens is 278 g/mol. The van der Waals surface area contributed by atoms with E-state index in [0.29, 0.717) is 6.04 Å². The molecule has 0 radical (unpaired) electrons. The minimum atomic E-state index is 0.501. The first kappa shape index (κ1) is 12.4. The lowest BCUT2D eigenvalue weighted by Gasteiger charge is -2.30. The van der Waals surface area contributed by atoms with Gasteiger partial charge in [0.25, 0.3) is 0 Å². The molecule has 90 valence electrons. The van der Waals surface area contributed by atoms with Crippen LogP contribution < -0.4 is 10.2 Å². The second-order valence-corrected chi connectivity index (χ2v) is 5.03. The van der Waals surface area contributed by atoms with Crippen molar-refractivity contribution in [2.75, 3.05) is 24.5 Å². The van der Waals surface area contributed by atoms with E-state index in [0.717, 1.165) is 41.8 Å². The average molecular weight is 294 g/mol. The molecule has 0 aliphatic carbocycles. The molecule has 1 N–H and O–H groups in total. The van der Waals surface area contributed by atoms with Gasteiger partial charge in [-0.25, -0.2) is 0 Å². The molecule has 17 heavy (non-hydrogen) atoms. The monoisotopic (exact) mass is 293 g/mol. The zero-order valence-corrected chi connectivity index (χ0v) is 11.5. The maximum absolute atomic E-state index is 9.26. The number of nitrogens with one attached hydrogen (secondary N) is 1. The Kier molecular flexibility index (Phi) is 4.03. The summed E-state index contributed by atoms with van der Waals surface area (Å²) in [7, 11) is 0. The van der Waals surface area contributed by atoms with E-state index >= 15 is 0 Å². The van der Waals surface area contributed by atoms with E-state index in [2.05, 4.69) is 39.1 Å².